The third-order valence-electron chi connectivity index (χ3n) is 5.92. The van der Waals surface area contributed by atoms with E-state index in [1.807, 2.05) is 19.1 Å². The number of amides is 1. The van der Waals surface area contributed by atoms with Crippen LogP contribution in [0.3, 0.4) is 0 Å². The van der Waals surface area contributed by atoms with Crippen molar-refractivity contribution in [2.75, 3.05) is 26.9 Å². The molecule has 1 aliphatic heterocycles. The van der Waals surface area contributed by atoms with Crippen LogP contribution in [0.5, 0.6) is 11.5 Å². The predicted molar refractivity (Wildman–Crippen MR) is 125 cm³/mol. The number of rotatable bonds is 8. The summed E-state index contributed by atoms with van der Waals surface area (Å²) in [7, 11) is 1.55. The number of carbonyl (C=O) groups excluding carboxylic acids is 1. The Labute approximate surface area is 192 Å². The Morgan fingerprint density at radius 1 is 1.12 bits per heavy atom. The summed E-state index contributed by atoms with van der Waals surface area (Å²) in [5.41, 5.74) is 2.01. The minimum absolute atomic E-state index is 0.0195. The molecular formula is C26H29NO6. The number of benzene rings is 2. The molecule has 1 amide bonds. The molecule has 174 valence electrons. The lowest BCUT2D eigenvalue weighted by molar-refractivity contribution is 0.0691. The molecule has 0 bridgehead atoms. The fourth-order valence-corrected chi connectivity index (χ4v) is 4.20. The number of aliphatic hydroxyl groups is 1. The molecule has 1 N–H and O–H groups in total. The van der Waals surface area contributed by atoms with Gasteiger partial charge in [0.1, 0.15) is 5.58 Å². The number of aryl methyl sites for hydroxylation is 1. The summed E-state index contributed by atoms with van der Waals surface area (Å²) in [6.07, 6.45) is 0.910. The molecule has 7 nitrogen and oxygen atoms in total. The Kier molecular flexibility index (Phi) is 6.42. The van der Waals surface area contributed by atoms with Gasteiger partial charge >= 0.3 is 0 Å². The standard InChI is InChI=1S/C26H29NO6/c1-15(2)9-12-32-20-8-6-17(14-21(20)31-4)23-22-24(29)18-13-16(3)5-7-19(18)33-25(22)26(30)27(23)10-11-28/h5-8,13-15,23,28H,9-12H2,1-4H3/t23-/m1/s1. The first-order valence-electron chi connectivity index (χ1n) is 11.2. The van der Waals surface area contributed by atoms with E-state index in [0.29, 0.717) is 40.6 Å². The number of methoxy groups -OCH3 is 1. The Morgan fingerprint density at radius 3 is 2.61 bits per heavy atom. The summed E-state index contributed by atoms with van der Waals surface area (Å²) in [5, 5.41) is 10.1. The Morgan fingerprint density at radius 2 is 1.91 bits per heavy atom. The number of hydrogen-bond acceptors (Lipinski definition) is 6. The van der Waals surface area contributed by atoms with E-state index < -0.39 is 11.9 Å². The molecule has 1 atom stereocenters. The van der Waals surface area contributed by atoms with Gasteiger partial charge in [-0.05, 0) is 49.1 Å². The molecule has 3 aromatic rings. The van der Waals surface area contributed by atoms with Gasteiger partial charge in [-0.1, -0.05) is 31.5 Å². The van der Waals surface area contributed by atoms with Crippen LogP contribution in [0.4, 0.5) is 0 Å². The van der Waals surface area contributed by atoms with E-state index >= 15 is 0 Å². The van der Waals surface area contributed by atoms with Crippen molar-refractivity contribution in [3.05, 3.63) is 69.1 Å². The number of fused-ring (bicyclic) bond motifs is 2. The molecule has 0 spiro atoms. The van der Waals surface area contributed by atoms with E-state index in [0.717, 1.165) is 12.0 Å². The van der Waals surface area contributed by atoms with E-state index in [1.54, 1.807) is 31.4 Å². The van der Waals surface area contributed by atoms with Crippen molar-refractivity contribution in [3.63, 3.8) is 0 Å². The van der Waals surface area contributed by atoms with Crippen molar-refractivity contribution in [2.45, 2.75) is 33.2 Å². The predicted octanol–water partition coefficient (Wildman–Crippen LogP) is 4.07. The molecule has 7 heteroatoms. The van der Waals surface area contributed by atoms with Crippen LogP contribution in [0, 0.1) is 12.8 Å². The van der Waals surface area contributed by atoms with Crippen molar-refractivity contribution in [2.24, 2.45) is 5.92 Å². The molecular weight excluding hydrogens is 422 g/mol. The Bertz CT molecular complexity index is 1250. The van der Waals surface area contributed by atoms with Crippen LogP contribution in [-0.2, 0) is 0 Å². The summed E-state index contributed by atoms with van der Waals surface area (Å²) in [6.45, 7) is 6.54. The van der Waals surface area contributed by atoms with E-state index in [4.69, 9.17) is 13.9 Å². The average Bonchev–Trinajstić information content (AvgIpc) is 3.06. The SMILES string of the molecule is COc1cc([C@@H]2c3c(oc4ccc(C)cc4c3=O)C(=O)N2CCO)ccc1OCCC(C)C. The maximum atomic E-state index is 13.5. The molecule has 0 saturated carbocycles. The highest BCUT2D eigenvalue weighted by Gasteiger charge is 2.42. The van der Waals surface area contributed by atoms with Gasteiger partial charge < -0.3 is 23.9 Å². The second-order valence-electron chi connectivity index (χ2n) is 8.74. The first-order valence-corrected chi connectivity index (χ1v) is 11.2. The third-order valence-corrected chi connectivity index (χ3v) is 5.92. The minimum atomic E-state index is -0.695. The van der Waals surface area contributed by atoms with Crippen LogP contribution >= 0.6 is 0 Å². The monoisotopic (exact) mass is 451 g/mol. The van der Waals surface area contributed by atoms with Gasteiger partial charge in [0, 0.05) is 6.54 Å². The largest absolute Gasteiger partial charge is 0.493 e. The molecule has 0 aliphatic carbocycles. The second kappa shape index (κ2) is 9.27. The Hall–Kier alpha value is -3.32. The van der Waals surface area contributed by atoms with Gasteiger partial charge in [0.15, 0.2) is 16.9 Å². The maximum absolute atomic E-state index is 13.5. The van der Waals surface area contributed by atoms with E-state index in [1.165, 1.54) is 4.90 Å². The van der Waals surface area contributed by atoms with Crippen LogP contribution in [0.2, 0.25) is 0 Å². The van der Waals surface area contributed by atoms with Crippen LogP contribution in [-0.4, -0.2) is 42.8 Å². The van der Waals surface area contributed by atoms with Crippen LogP contribution in [0.1, 0.15) is 53.6 Å². The summed E-state index contributed by atoms with van der Waals surface area (Å²) >= 11 is 0. The lowest BCUT2D eigenvalue weighted by Crippen LogP contribution is -2.32. The normalized spacial score (nSPS) is 15.4. The number of ether oxygens (including phenoxy) is 2. The molecule has 1 aromatic heterocycles. The molecule has 2 aromatic carbocycles. The lowest BCUT2D eigenvalue weighted by Gasteiger charge is -2.25. The van der Waals surface area contributed by atoms with Gasteiger partial charge in [0.2, 0.25) is 5.76 Å². The smallest absolute Gasteiger partial charge is 0.290 e. The van der Waals surface area contributed by atoms with Crippen molar-refractivity contribution in [1.29, 1.82) is 0 Å². The second-order valence-corrected chi connectivity index (χ2v) is 8.74. The van der Waals surface area contributed by atoms with Gasteiger partial charge in [0.25, 0.3) is 5.91 Å². The zero-order valence-electron chi connectivity index (χ0n) is 19.4. The van der Waals surface area contributed by atoms with Gasteiger partial charge in [-0.15, -0.1) is 0 Å². The lowest BCUT2D eigenvalue weighted by atomic mass is 9.97. The summed E-state index contributed by atoms with van der Waals surface area (Å²) < 4.78 is 17.3. The fourth-order valence-electron chi connectivity index (χ4n) is 4.20. The molecule has 1 aliphatic rings. The highest BCUT2D eigenvalue weighted by molar-refractivity contribution is 5.99. The zero-order valence-corrected chi connectivity index (χ0v) is 19.4. The summed E-state index contributed by atoms with van der Waals surface area (Å²) in [6, 6.07) is 10.0. The molecule has 0 radical (unpaired) electrons. The third kappa shape index (κ3) is 4.20. The van der Waals surface area contributed by atoms with Gasteiger partial charge in [0.05, 0.1) is 37.3 Å². The van der Waals surface area contributed by atoms with Crippen LogP contribution < -0.4 is 14.9 Å². The van der Waals surface area contributed by atoms with Crippen molar-refractivity contribution < 1.29 is 23.8 Å². The highest BCUT2D eigenvalue weighted by atomic mass is 16.5. The number of hydrogen-bond donors (Lipinski definition) is 1. The molecule has 0 unspecified atom stereocenters. The first-order chi connectivity index (χ1) is 15.8. The minimum Gasteiger partial charge on any atom is -0.493 e. The quantitative estimate of drug-likeness (QED) is 0.555. The highest BCUT2D eigenvalue weighted by Crippen LogP contribution is 2.40. The fraction of sp³-hybridized carbons (Fsp3) is 0.385. The molecule has 2 heterocycles. The van der Waals surface area contributed by atoms with Crippen molar-refractivity contribution in [1.82, 2.24) is 4.90 Å². The van der Waals surface area contributed by atoms with Crippen LogP contribution in [0.25, 0.3) is 11.0 Å². The number of β-amino-alcohol motifs (C(OH)–C–C–N with tert-alkyl or cyclic N) is 1. The maximum Gasteiger partial charge on any atom is 0.290 e. The topological polar surface area (TPSA) is 89.2 Å². The molecule has 33 heavy (non-hydrogen) atoms. The zero-order chi connectivity index (χ0) is 23.7. The molecule has 4 rings (SSSR count). The van der Waals surface area contributed by atoms with E-state index in [9.17, 15) is 14.7 Å². The summed E-state index contributed by atoms with van der Waals surface area (Å²) in [5.74, 6) is 1.23. The van der Waals surface area contributed by atoms with E-state index in [-0.39, 0.29) is 29.9 Å². The van der Waals surface area contributed by atoms with Gasteiger partial charge in [-0.2, -0.15) is 0 Å². The summed E-state index contributed by atoms with van der Waals surface area (Å²) in [4.78, 5) is 28.2. The van der Waals surface area contributed by atoms with Crippen molar-refractivity contribution in [3.8, 4) is 11.5 Å². The Balaban J connectivity index is 1.83. The molecule has 0 fully saturated rings. The molecule has 0 saturated heterocycles. The van der Waals surface area contributed by atoms with Gasteiger partial charge in [-0.25, -0.2) is 0 Å². The number of aliphatic hydroxyl groups excluding tert-OH is 1. The number of carbonyl (C=O) groups is 1. The van der Waals surface area contributed by atoms with E-state index in [2.05, 4.69) is 13.8 Å². The number of nitrogens with zero attached hydrogens (tertiary/aromatic N) is 1. The van der Waals surface area contributed by atoms with Crippen LogP contribution in [0.15, 0.2) is 45.6 Å². The average molecular weight is 452 g/mol. The first kappa shape index (κ1) is 22.9. The van der Waals surface area contributed by atoms with Gasteiger partial charge in [-0.3, -0.25) is 9.59 Å². The van der Waals surface area contributed by atoms with Crippen molar-refractivity contribution >= 4 is 16.9 Å².